The summed E-state index contributed by atoms with van der Waals surface area (Å²) in [5.74, 6) is 2.08. The molecule has 0 amide bonds. The number of hydrogen-bond donors (Lipinski definition) is 0. The van der Waals surface area contributed by atoms with Gasteiger partial charge in [0.1, 0.15) is 17.8 Å². The molecule has 3 heterocycles. The van der Waals surface area contributed by atoms with Gasteiger partial charge in [0.15, 0.2) is 23.7 Å². The average Bonchev–Trinajstić information content (AvgIpc) is 3.40. The smallest absolute Gasteiger partial charge is 0.192 e. The number of rotatable bonds is 7. The summed E-state index contributed by atoms with van der Waals surface area (Å²) in [6.07, 6.45) is 3.30. The van der Waals surface area contributed by atoms with Crippen LogP contribution in [0.15, 0.2) is 60.0 Å². The first-order valence-electron chi connectivity index (χ1n) is 10.8. The minimum atomic E-state index is 0.140. The van der Waals surface area contributed by atoms with Gasteiger partial charge in [-0.3, -0.25) is 4.57 Å². The van der Waals surface area contributed by atoms with E-state index >= 15 is 0 Å². The molecule has 172 valence electrons. The first kappa shape index (κ1) is 21.4. The molecule has 0 unspecified atom stereocenters. The van der Waals surface area contributed by atoms with Gasteiger partial charge in [0.2, 0.25) is 0 Å². The number of methoxy groups -OCH3 is 2. The molecule has 34 heavy (non-hydrogen) atoms. The van der Waals surface area contributed by atoms with Gasteiger partial charge in [-0.2, -0.15) is 0 Å². The molecular weight excluding hydrogens is 432 g/mol. The van der Waals surface area contributed by atoms with Gasteiger partial charge >= 0.3 is 0 Å². The zero-order valence-electron chi connectivity index (χ0n) is 19.4. The Hall–Kier alpha value is -4.40. The third kappa shape index (κ3) is 3.71. The molecule has 0 saturated heterocycles. The number of fused-ring (bicyclic) bond motifs is 3. The molecule has 0 atom stereocenters. The normalized spacial score (nSPS) is 11.5. The zero-order valence-corrected chi connectivity index (χ0v) is 19.4. The van der Waals surface area contributed by atoms with Gasteiger partial charge < -0.3 is 14.3 Å². The van der Waals surface area contributed by atoms with Crippen molar-refractivity contribution in [1.82, 2.24) is 24.1 Å². The third-order valence-electron chi connectivity index (χ3n) is 5.79. The predicted octanol–water partition coefficient (Wildman–Crippen LogP) is 4.25. The highest BCUT2D eigenvalue weighted by atomic mass is 16.6. The highest BCUT2D eigenvalue weighted by molar-refractivity contribution is 5.95. The molecule has 0 fully saturated rings. The van der Waals surface area contributed by atoms with E-state index in [-0.39, 0.29) is 6.61 Å². The molecule has 0 N–H and O–H groups in total. The van der Waals surface area contributed by atoms with Crippen LogP contribution in [0.3, 0.4) is 0 Å². The van der Waals surface area contributed by atoms with Crippen molar-refractivity contribution < 1.29 is 14.3 Å². The van der Waals surface area contributed by atoms with Gasteiger partial charge in [-0.15, -0.1) is 5.10 Å². The molecule has 5 rings (SSSR count). The monoisotopic (exact) mass is 456 g/mol. The molecule has 5 aromatic rings. The fourth-order valence-corrected chi connectivity index (χ4v) is 3.96. The maximum absolute atomic E-state index is 5.58. The number of oxime groups is 1. The van der Waals surface area contributed by atoms with Crippen molar-refractivity contribution in [2.24, 2.45) is 5.16 Å². The van der Waals surface area contributed by atoms with Crippen LogP contribution in [0.5, 0.6) is 11.5 Å². The van der Waals surface area contributed by atoms with E-state index in [1.165, 1.54) is 0 Å². The molecule has 9 nitrogen and oxygen atoms in total. The highest BCUT2D eigenvalue weighted by Crippen LogP contribution is 2.33. The van der Waals surface area contributed by atoms with Crippen LogP contribution in [-0.2, 0) is 11.4 Å². The van der Waals surface area contributed by atoms with E-state index in [4.69, 9.17) is 24.3 Å². The Balaban J connectivity index is 1.45. The van der Waals surface area contributed by atoms with Gasteiger partial charge in [-0.25, -0.2) is 14.5 Å². The van der Waals surface area contributed by atoms with E-state index in [0.29, 0.717) is 5.82 Å². The number of hydrogen-bond acceptors (Lipinski definition) is 7. The molecular formula is C25H24N6O3. The second-order valence-corrected chi connectivity index (χ2v) is 7.74. The van der Waals surface area contributed by atoms with Crippen molar-refractivity contribution in [2.45, 2.75) is 20.5 Å². The molecule has 0 spiro atoms. The Morgan fingerprint density at radius 3 is 2.53 bits per heavy atom. The lowest BCUT2D eigenvalue weighted by Crippen LogP contribution is -2.01. The maximum Gasteiger partial charge on any atom is 0.192 e. The van der Waals surface area contributed by atoms with Crippen LogP contribution in [-0.4, -0.2) is 44.6 Å². The van der Waals surface area contributed by atoms with Gasteiger partial charge in [0, 0.05) is 5.69 Å². The van der Waals surface area contributed by atoms with E-state index < -0.39 is 0 Å². The fourth-order valence-electron chi connectivity index (χ4n) is 3.96. The number of ether oxygens (including phenoxy) is 2. The third-order valence-corrected chi connectivity index (χ3v) is 5.79. The zero-order chi connectivity index (χ0) is 23.7. The molecule has 3 aromatic heterocycles. The SMILES string of the molecule is COc1ccc(/C=N/OCc2nc3c4c(C)c(C)n(-c5ccccc5OC)c4ncn3n2)cc1. The average molecular weight is 457 g/mol. The molecule has 0 bridgehead atoms. The summed E-state index contributed by atoms with van der Waals surface area (Å²) >= 11 is 0. The molecule has 9 heteroatoms. The van der Waals surface area contributed by atoms with E-state index in [1.54, 1.807) is 31.3 Å². The summed E-state index contributed by atoms with van der Waals surface area (Å²) in [6.45, 7) is 4.27. The van der Waals surface area contributed by atoms with Crippen LogP contribution < -0.4 is 9.47 Å². The summed E-state index contributed by atoms with van der Waals surface area (Å²) in [6, 6.07) is 15.4. The molecule has 0 radical (unpaired) electrons. The summed E-state index contributed by atoms with van der Waals surface area (Å²) in [7, 11) is 3.30. The van der Waals surface area contributed by atoms with E-state index in [9.17, 15) is 0 Å². The Morgan fingerprint density at radius 1 is 0.971 bits per heavy atom. The van der Waals surface area contributed by atoms with Crippen molar-refractivity contribution in [3.63, 3.8) is 0 Å². The van der Waals surface area contributed by atoms with Gasteiger partial charge in [-0.1, -0.05) is 17.3 Å². The van der Waals surface area contributed by atoms with Crippen molar-refractivity contribution in [2.75, 3.05) is 14.2 Å². The molecule has 0 aliphatic rings. The van der Waals surface area contributed by atoms with Crippen LogP contribution in [0.1, 0.15) is 22.6 Å². The predicted molar refractivity (Wildman–Crippen MR) is 129 cm³/mol. The number of nitrogens with zero attached hydrogens (tertiary/aromatic N) is 6. The lowest BCUT2D eigenvalue weighted by atomic mass is 10.2. The van der Waals surface area contributed by atoms with Gasteiger partial charge in [-0.05, 0) is 61.4 Å². The summed E-state index contributed by atoms with van der Waals surface area (Å²) in [5, 5.41) is 9.48. The summed E-state index contributed by atoms with van der Waals surface area (Å²) in [4.78, 5) is 14.8. The van der Waals surface area contributed by atoms with Crippen LogP contribution in [0, 0.1) is 13.8 Å². The second kappa shape index (κ2) is 8.86. The fraction of sp³-hybridized carbons (Fsp3) is 0.200. The Labute approximate surface area is 196 Å². The second-order valence-electron chi connectivity index (χ2n) is 7.74. The van der Waals surface area contributed by atoms with Crippen molar-refractivity contribution in [3.05, 3.63) is 77.5 Å². The lowest BCUT2D eigenvalue weighted by Gasteiger charge is -2.12. The largest absolute Gasteiger partial charge is 0.497 e. The summed E-state index contributed by atoms with van der Waals surface area (Å²) < 4.78 is 14.5. The number of aromatic nitrogens is 5. The van der Waals surface area contributed by atoms with Crippen molar-refractivity contribution in [1.29, 1.82) is 0 Å². The van der Waals surface area contributed by atoms with E-state index in [1.807, 2.05) is 48.5 Å². The van der Waals surface area contributed by atoms with Crippen LogP contribution in [0.4, 0.5) is 0 Å². The standard InChI is InChI=1S/C25H24N6O3/c1-16-17(2)31(20-7-5-6-8-21(20)33-4)24-23(16)25-28-22(29-30(25)15-26-24)14-34-27-13-18-9-11-19(32-3)12-10-18/h5-13,15H,14H2,1-4H3/b27-13+. The van der Waals surface area contributed by atoms with Gasteiger partial charge in [0.25, 0.3) is 0 Å². The van der Waals surface area contributed by atoms with E-state index in [2.05, 4.69) is 28.7 Å². The Morgan fingerprint density at radius 2 is 1.76 bits per heavy atom. The molecule has 0 aliphatic heterocycles. The number of para-hydroxylation sites is 2. The first-order chi connectivity index (χ1) is 16.6. The quantitative estimate of drug-likeness (QED) is 0.269. The lowest BCUT2D eigenvalue weighted by molar-refractivity contribution is 0.126. The molecule has 2 aromatic carbocycles. The number of benzene rings is 2. The topological polar surface area (TPSA) is 88.1 Å². The molecule has 0 saturated carbocycles. The summed E-state index contributed by atoms with van der Waals surface area (Å²) in [5.41, 5.74) is 5.48. The Bertz CT molecular complexity index is 1500. The van der Waals surface area contributed by atoms with E-state index in [0.717, 1.165) is 50.7 Å². The highest BCUT2D eigenvalue weighted by Gasteiger charge is 2.20. The van der Waals surface area contributed by atoms with Crippen LogP contribution in [0.2, 0.25) is 0 Å². The van der Waals surface area contributed by atoms with Crippen LogP contribution in [0.25, 0.3) is 22.4 Å². The molecule has 0 aliphatic carbocycles. The van der Waals surface area contributed by atoms with Crippen LogP contribution >= 0.6 is 0 Å². The minimum Gasteiger partial charge on any atom is -0.497 e. The maximum atomic E-state index is 5.58. The Kier molecular flexibility index (Phi) is 5.59. The van der Waals surface area contributed by atoms with Crippen molar-refractivity contribution >= 4 is 22.9 Å². The number of aryl methyl sites for hydroxylation is 1. The minimum absolute atomic E-state index is 0.140. The first-order valence-corrected chi connectivity index (χ1v) is 10.8. The van der Waals surface area contributed by atoms with Crippen molar-refractivity contribution in [3.8, 4) is 17.2 Å². The van der Waals surface area contributed by atoms with Gasteiger partial charge in [0.05, 0.1) is 31.5 Å².